The molecular formula is C9H6N2O3. The summed E-state index contributed by atoms with van der Waals surface area (Å²) < 4.78 is 4.84. The van der Waals surface area contributed by atoms with Crippen molar-refractivity contribution in [2.75, 3.05) is 0 Å². The Bertz CT molecular complexity index is 450. The molecule has 1 N–H and O–H groups in total. The van der Waals surface area contributed by atoms with E-state index in [0.29, 0.717) is 5.56 Å². The molecule has 0 aliphatic carbocycles. The van der Waals surface area contributed by atoms with Crippen LogP contribution in [0.1, 0.15) is 10.4 Å². The molecule has 0 spiro atoms. The van der Waals surface area contributed by atoms with Gasteiger partial charge in [-0.3, -0.25) is 4.98 Å². The van der Waals surface area contributed by atoms with E-state index in [9.17, 15) is 4.79 Å². The van der Waals surface area contributed by atoms with E-state index in [4.69, 9.17) is 9.63 Å². The van der Waals surface area contributed by atoms with Crippen LogP contribution < -0.4 is 0 Å². The fourth-order valence-corrected chi connectivity index (χ4v) is 1.10. The maximum Gasteiger partial charge on any atom is 0.341 e. The van der Waals surface area contributed by atoms with E-state index in [1.165, 1.54) is 12.4 Å². The summed E-state index contributed by atoms with van der Waals surface area (Å²) in [6, 6.07) is 3.41. The lowest BCUT2D eigenvalue weighted by atomic mass is 10.1. The molecule has 0 aliphatic heterocycles. The number of hydrogen-bond donors (Lipinski definition) is 1. The van der Waals surface area contributed by atoms with E-state index in [1.54, 1.807) is 18.3 Å². The van der Waals surface area contributed by atoms with E-state index < -0.39 is 5.97 Å². The summed E-state index contributed by atoms with van der Waals surface area (Å²) in [5.41, 5.74) is 0.639. The summed E-state index contributed by atoms with van der Waals surface area (Å²) in [5.74, 6) is -0.837. The second-order valence-electron chi connectivity index (χ2n) is 2.62. The van der Waals surface area contributed by atoms with E-state index in [2.05, 4.69) is 10.1 Å². The molecule has 70 valence electrons. The number of pyridine rings is 1. The first-order valence-electron chi connectivity index (χ1n) is 3.87. The molecule has 0 atom stereocenters. The van der Waals surface area contributed by atoms with Gasteiger partial charge in [0.1, 0.15) is 5.56 Å². The zero-order chi connectivity index (χ0) is 9.97. The van der Waals surface area contributed by atoms with Crippen LogP contribution in [0.2, 0.25) is 0 Å². The van der Waals surface area contributed by atoms with Crippen molar-refractivity contribution in [2.45, 2.75) is 0 Å². The van der Waals surface area contributed by atoms with Gasteiger partial charge in [0.15, 0.2) is 5.76 Å². The van der Waals surface area contributed by atoms with Crippen molar-refractivity contribution in [1.82, 2.24) is 10.1 Å². The maximum absolute atomic E-state index is 10.7. The standard InChI is InChI=1S/C9H6N2O3/c12-9(13)7-5-11-14-8(7)6-2-1-3-10-4-6/h1-5H,(H,12,13). The fraction of sp³-hybridized carbons (Fsp3) is 0. The van der Waals surface area contributed by atoms with Gasteiger partial charge < -0.3 is 9.63 Å². The van der Waals surface area contributed by atoms with Crippen molar-refractivity contribution in [3.05, 3.63) is 36.3 Å². The molecule has 0 aromatic carbocycles. The molecule has 0 unspecified atom stereocenters. The predicted octanol–water partition coefficient (Wildman–Crippen LogP) is 1.43. The minimum Gasteiger partial charge on any atom is -0.477 e. The molecule has 0 aliphatic rings. The van der Waals surface area contributed by atoms with Crippen molar-refractivity contribution in [1.29, 1.82) is 0 Å². The second-order valence-corrected chi connectivity index (χ2v) is 2.62. The van der Waals surface area contributed by atoms with Crippen molar-refractivity contribution in [3.8, 4) is 11.3 Å². The number of carboxylic acids is 1. The summed E-state index contributed by atoms with van der Waals surface area (Å²) in [6.07, 6.45) is 4.29. The lowest BCUT2D eigenvalue weighted by Gasteiger charge is -1.94. The smallest absolute Gasteiger partial charge is 0.341 e. The highest BCUT2D eigenvalue weighted by Gasteiger charge is 2.16. The van der Waals surface area contributed by atoms with Crippen molar-refractivity contribution in [2.24, 2.45) is 0 Å². The highest BCUT2D eigenvalue weighted by atomic mass is 16.5. The largest absolute Gasteiger partial charge is 0.477 e. The van der Waals surface area contributed by atoms with Crippen LogP contribution in [-0.4, -0.2) is 21.2 Å². The first-order chi connectivity index (χ1) is 6.79. The van der Waals surface area contributed by atoms with Gasteiger partial charge in [-0.05, 0) is 12.1 Å². The molecule has 0 saturated heterocycles. The van der Waals surface area contributed by atoms with Crippen LogP contribution in [0.3, 0.4) is 0 Å². The molecule has 0 saturated carbocycles. The van der Waals surface area contributed by atoms with Crippen LogP contribution >= 0.6 is 0 Å². The van der Waals surface area contributed by atoms with Gasteiger partial charge in [-0.15, -0.1) is 0 Å². The summed E-state index contributed by atoms with van der Waals surface area (Å²) in [7, 11) is 0. The Kier molecular flexibility index (Phi) is 1.98. The molecule has 0 bridgehead atoms. The van der Waals surface area contributed by atoms with Gasteiger partial charge >= 0.3 is 5.97 Å². The number of carboxylic acid groups (broad SMARTS) is 1. The predicted molar refractivity (Wildman–Crippen MR) is 46.7 cm³/mol. The van der Waals surface area contributed by atoms with Crippen molar-refractivity contribution >= 4 is 5.97 Å². The third kappa shape index (κ3) is 1.35. The summed E-state index contributed by atoms with van der Waals surface area (Å²) in [4.78, 5) is 14.6. The van der Waals surface area contributed by atoms with Gasteiger partial charge in [0, 0.05) is 18.0 Å². The van der Waals surface area contributed by atoms with E-state index >= 15 is 0 Å². The molecule has 0 radical (unpaired) electrons. The quantitative estimate of drug-likeness (QED) is 0.775. The highest BCUT2D eigenvalue weighted by Crippen LogP contribution is 2.21. The Balaban J connectivity index is 2.52. The molecule has 0 fully saturated rings. The van der Waals surface area contributed by atoms with Gasteiger partial charge in [0.2, 0.25) is 0 Å². The molecule has 2 aromatic heterocycles. The van der Waals surface area contributed by atoms with Gasteiger partial charge in [0.25, 0.3) is 0 Å². The van der Waals surface area contributed by atoms with E-state index in [0.717, 1.165) is 0 Å². The molecule has 14 heavy (non-hydrogen) atoms. The molecule has 2 aromatic rings. The second kappa shape index (κ2) is 3.29. The van der Waals surface area contributed by atoms with Gasteiger partial charge in [-0.2, -0.15) is 0 Å². The Morgan fingerprint density at radius 1 is 1.43 bits per heavy atom. The third-order valence-corrected chi connectivity index (χ3v) is 1.72. The summed E-state index contributed by atoms with van der Waals surface area (Å²) >= 11 is 0. The number of hydrogen-bond acceptors (Lipinski definition) is 4. The van der Waals surface area contributed by atoms with Crippen LogP contribution in [0.15, 0.2) is 35.2 Å². The molecule has 0 amide bonds. The Labute approximate surface area is 79.0 Å². The monoisotopic (exact) mass is 190 g/mol. The molecule has 5 heteroatoms. The summed E-state index contributed by atoms with van der Waals surface area (Å²) in [6.45, 7) is 0. The average molecular weight is 190 g/mol. The lowest BCUT2D eigenvalue weighted by molar-refractivity contribution is 0.0697. The summed E-state index contributed by atoms with van der Waals surface area (Å²) in [5, 5.41) is 12.2. The maximum atomic E-state index is 10.7. The minimum atomic E-state index is -1.06. The molecule has 5 nitrogen and oxygen atoms in total. The first kappa shape index (κ1) is 8.43. The number of nitrogens with zero attached hydrogens (tertiary/aromatic N) is 2. The fourth-order valence-electron chi connectivity index (χ4n) is 1.10. The van der Waals surface area contributed by atoms with Gasteiger partial charge in [0.05, 0.1) is 6.20 Å². The van der Waals surface area contributed by atoms with Gasteiger partial charge in [-0.1, -0.05) is 5.16 Å². The Hall–Kier alpha value is -2.17. The number of carbonyl (C=O) groups is 1. The van der Waals surface area contributed by atoms with Crippen molar-refractivity contribution in [3.63, 3.8) is 0 Å². The normalized spacial score (nSPS) is 10.0. The highest BCUT2D eigenvalue weighted by molar-refractivity contribution is 5.93. The van der Waals surface area contributed by atoms with Gasteiger partial charge in [-0.25, -0.2) is 4.79 Å². The number of aromatic nitrogens is 2. The Morgan fingerprint density at radius 3 is 2.93 bits per heavy atom. The van der Waals surface area contributed by atoms with Crippen LogP contribution in [-0.2, 0) is 0 Å². The van der Waals surface area contributed by atoms with Crippen LogP contribution in [0.4, 0.5) is 0 Å². The zero-order valence-electron chi connectivity index (χ0n) is 7.04. The van der Waals surface area contributed by atoms with Crippen LogP contribution in [0.5, 0.6) is 0 Å². The third-order valence-electron chi connectivity index (χ3n) is 1.72. The number of rotatable bonds is 2. The van der Waals surface area contributed by atoms with Crippen molar-refractivity contribution < 1.29 is 14.4 Å². The van der Waals surface area contributed by atoms with Crippen LogP contribution in [0, 0.1) is 0 Å². The SMILES string of the molecule is O=C(O)c1cnoc1-c1cccnc1. The lowest BCUT2D eigenvalue weighted by Crippen LogP contribution is -1.95. The Morgan fingerprint density at radius 2 is 2.29 bits per heavy atom. The first-order valence-corrected chi connectivity index (χ1v) is 3.87. The van der Waals surface area contributed by atoms with E-state index in [1.807, 2.05) is 0 Å². The molecule has 2 heterocycles. The van der Waals surface area contributed by atoms with Crippen LogP contribution in [0.25, 0.3) is 11.3 Å². The molecular weight excluding hydrogens is 184 g/mol. The average Bonchev–Trinajstić information content (AvgIpc) is 2.67. The molecule has 2 rings (SSSR count). The zero-order valence-corrected chi connectivity index (χ0v) is 7.04. The van der Waals surface area contributed by atoms with E-state index in [-0.39, 0.29) is 11.3 Å². The number of aromatic carboxylic acids is 1. The topological polar surface area (TPSA) is 76.2 Å². The minimum absolute atomic E-state index is 0.0398.